The van der Waals surface area contributed by atoms with Crippen LogP contribution in [-0.4, -0.2) is 51.0 Å². The van der Waals surface area contributed by atoms with Crippen molar-refractivity contribution >= 4 is 11.8 Å². The first-order chi connectivity index (χ1) is 15.3. The zero-order valence-corrected chi connectivity index (χ0v) is 17.8. The number of aromatic nitrogens is 2. The second-order valence-corrected chi connectivity index (χ2v) is 8.70. The van der Waals surface area contributed by atoms with Gasteiger partial charge in [0.1, 0.15) is 0 Å². The van der Waals surface area contributed by atoms with Crippen LogP contribution in [0.15, 0.2) is 42.7 Å². The normalized spacial score (nSPS) is 20.6. The highest BCUT2D eigenvalue weighted by atomic mass is 19.4. The number of amides is 2. The molecule has 1 aromatic carbocycles. The lowest BCUT2D eigenvalue weighted by atomic mass is 9.92. The molecule has 0 aliphatic carbocycles. The highest BCUT2D eigenvalue weighted by molar-refractivity contribution is 5.84. The number of hydrogen-bond donors (Lipinski definition) is 0. The van der Waals surface area contributed by atoms with Crippen LogP contribution in [0.2, 0.25) is 0 Å². The van der Waals surface area contributed by atoms with E-state index in [9.17, 15) is 22.8 Å². The van der Waals surface area contributed by atoms with E-state index in [0.29, 0.717) is 31.0 Å². The molecule has 2 aliphatic heterocycles. The molecular weight excluding hydrogens is 421 g/mol. The van der Waals surface area contributed by atoms with Crippen LogP contribution in [-0.2, 0) is 28.9 Å². The predicted octanol–water partition coefficient (Wildman–Crippen LogP) is 3.58. The molecule has 172 valence electrons. The Morgan fingerprint density at radius 1 is 1.12 bits per heavy atom. The number of halogens is 3. The Morgan fingerprint density at radius 3 is 2.59 bits per heavy atom. The molecule has 0 saturated carbocycles. The maximum absolute atomic E-state index is 13.1. The highest BCUT2D eigenvalue weighted by Crippen LogP contribution is 2.30. The highest BCUT2D eigenvalue weighted by Gasteiger charge is 2.35. The van der Waals surface area contributed by atoms with Gasteiger partial charge in [-0.3, -0.25) is 14.3 Å². The van der Waals surface area contributed by atoms with Gasteiger partial charge in [-0.1, -0.05) is 12.1 Å². The molecule has 2 aromatic rings. The number of likely N-dealkylation sites (tertiary alicyclic amines) is 2. The SMILES string of the molecule is O=C1CC[C@H](C(=O)N2CCC(Cn3cccn3)CC2)CN1Cc1cccc(C(F)(F)F)c1. The summed E-state index contributed by atoms with van der Waals surface area (Å²) in [5.41, 5.74) is -0.314. The Labute approximate surface area is 185 Å². The molecule has 9 heteroatoms. The van der Waals surface area contributed by atoms with Crippen LogP contribution >= 0.6 is 0 Å². The lowest BCUT2D eigenvalue weighted by Crippen LogP contribution is -2.48. The lowest BCUT2D eigenvalue weighted by Gasteiger charge is -2.37. The molecule has 1 aromatic heterocycles. The van der Waals surface area contributed by atoms with E-state index in [4.69, 9.17) is 0 Å². The fraction of sp³-hybridized carbons (Fsp3) is 0.522. The van der Waals surface area contributed by atoms with E-state index in [1.807, 2.05) is 21.8 Å². The first-order valence-corrected chi connectivity index (χ1v) is 11.0. The van der Waals surface area contributed by atoms with Gasteiger partial charge >= 0.3 is 6.18 Å². The summed E-state index contributed by atoms with van der Waals surface area (Å²) in [4.78, 5) is 28.9. The summed E-state index contributed by atoms with van der Waals surface area (Å²) in [5.74, 6) is 0.0962. The van der Waals surface area contributed by atoms with Crippen molar-refractivity contribution in [1.29, 1.82) is 0 Å². The van der Waals surface area contributed by atoms with E-state index in [1.54, 1.807) is 12.3 Å². The van der Waals surface area contributed by atoms with Gasteiger partial charge in [-0.25, -0.2) is 0 Å². The summed E-state index contributed by atoms with van der Waals surface area (Å²) in [6.45, 7) is 2.54. The van der Waals surface area contributed by atoms with Gasteiger partial charge in [0.25, 0.3) is 0 Å². The number of benzene rings is 1. The number of carbonyl (C=O) groups is 2. The van der Waals surface area contributed by atoms with Gasteiger partial charge in [-0.05, 0) is 48.9 Å². The molecule has 4 rings (SSSR count). The minimum absolute atomic E-state index is 0.0454. The van der Waals surface area contributed by atoms with Gasteiger partial charge in [0.05, 0.1) is 11.5 Å². The summed E-state index contributed by atoms with van der Waals surface area (Å²) < 4.78 is 40.9. The van der Waals surface area contributed by atoms with Crippen LogP contribution in [0.5, 0.6) is 0 Å². The predicted molar refractivity (Wildman–Crippen MR) is 111 cm³/mol. The van der Waals surface area contributed by atoms with E-state index >= 15 is 0 Å². The van der Waals surface area contributed by atoms with Crippen molar-refractivity contribution in [3.05, 3.63) is 53.9 Å². The van der Waals surface area contributed by atoms with Crippen molar-refractivity contribution in [2.75, 3.05) is 19.6 Å². The maximum Gasteiger partial charge on any atom is 0.416 e. The first kappa shape index (κ1) is 22.4. The van der Waals surface area contributed by atoms with E-state index in [0.717, 1.165) is 31.5 Å². The number of carbonyl (C=O) groups excluding carboxylic acids is 2. The average Bonchev–Trinajstić information content (AvgIpc) is 3.28. The Hall–Kier alpha value is -2.84. The van der Waals surface area contributed by atoms with E-state index in [2.05, 4.69) is 5.10 Å². The van der Waals surface area contributed by atoms with Gasteiger partial charge in [0.15, 0.2) is 0 Å². The van der Waals surface area contributed by atoms with Crippen LogP contribution in [0.4, 0.5) is 13.2 Å². The maximum atomic E-state index is 13.1. The van der Waals surface area contributed by atoms with Gasteiger partial charge < -0.3 is 9.80 Å². The zero-order valence-electron chi connectivity index (χ0n) is 17.8. The van der Waals surface area contributed by atoms with Crippen molar-refractivity contribution < 1.29 is 22.8 Å². The summed E-state index contributed by atoms with van der Waals surface area (Å²) in [6, 6.07) is 6.92. The number of hydrogen-bond acceptors (Lipinski definition) is 3. The number of piperidine rings is 2. The molecule has 1 atom stereocenters. The Bertz CT molecular complexity index is 937. The van der Waals surface area contributed by atoms with E-state index in [1.165, 1.54) is 11.0 Å². The largest absolute Gasteiger partial charge is 0.416 e. The van der Waals surface area contributed by atoms with Crippen LogP contribution in [0.1, 0.15) is 36.8 Å². The standard InChI is InChI=1S/C23H27F3N4O2/c24-23(25,26)20-4-1-3-18(13-20)14-29-16-19(5-6-21(29)31)22(32)28-11-7-17(8-12-28)15-30-10-2-9-27-30/h1-4,9-10,13,17,19H,5-8,11-12,14-16H2/t19-/m0/s1. The summed E-state index contributed by atoms with van der Waals surface area (Å²) in [7, 11) is 0. The summed E-state index contributed by atoms with van der Waals surface area (Å²) in [5, 5.41) is 4.24. The lowest BCUT2D eigenvalue weighted by molar-refractivity contribution is -0.144. The van der Waals surface area contributed by atoms with Crippen molar-refractivity contribution in [2.24, 2.45) is 11.8 Å². The van der Waals surface area contributed by atoms with Crippen LogP contribution < -0.4 is 0 Å². The molecule has 0 spiro atoms. The fourth-order valence-electron chi connectivity index (χ4n) is 4.60. The topological polar surface area (TPSA) is 58.4 Å². The minimum Gasteiger partial charge on any atom is -0.342 e. The molecule has 2 amide bonds. The molecule has 3 heterocycles. The molecule has 2 aliphatic rings. The Morgan fingerprint density at radius 2 is 1.91 bits per heavy atom. The first-order valence-electron chi connectivity index (χ1n) is 11.0. The second-order valence-electron chi connectivity index (χ2n) is 8.70. The third-order valence-corrected chi connectivity index (χ3v) is 6.41. The molecule has 6 nitrogen and oxygen atoms in total. The van der Waals surface area contributed by atoms with E-state index in [-0.39, 0.29) is 37.2 Å². The van der Waals surface area contributed by atoms with Crippen molar-refractivity contribution in [1.82, 2.24) is 19.6 Å². The molecule has 0 unspecified atom stereocenters. The van der Waals surface area contributed by atoms with Crippen molar-refractivity contribution in [2.45, 2.75) is 44.9 Å². The van der Waals surface area contributed by atoms with E-state index < -0.39 is 11.7 Å². The molecule has 32 heavy (non-hydrogen) atoms. The number of rotatable bonds is 5. The molecule has 0 radical (unpaired) electrons. The Kier molecular flexibility index (Phi) is 6.53. The quantitative estimate of drug-likeness (QED) is 0.703. The van der Waals surface area contributed by atoms with Crippen molar-refractivity contribution in [3.63, 3.8) is 0 Å². The van der Waals surface area contributed by atoms with Crippen LogP contribution in [0, 0.1) is 11.8 Å². The third-order valence-electron chi connectivity index (χ3n) is 6.41. The van der Waals surface area contributed by atoms with Crippen molar-refractivity contribution in [3.8, 4) is 0 Å². The molecule has 0 bridgehead atoms. The average molecular weight is 448 g/mol. The molecular formula is C23H27F3N4O2. The molecule has 0 N–H and O–H groups in total. The monoisotopic (exact) mass is 448 g/mol. The zero-order chi connectivity index (χ0) is 22.7. The van der Waals surface area contributed by atoms with Gasteiger partial charge in [-0.2, -0.15) is 18.3 Å². The van der Waals surface area contributed by atoms with Crippen LogP contribution in [0.25, 0.3) is 0 Å². The van der Waals surface area contributed by atoms with Crippen LogP contribution in [0.3, 0.4) is 0 Å². The minimum atomic E-state index is -4.43. The molecule has 2 saturated heterocycles. The van der Waals surface area contributed by atoms with Gasteiger partial charge in [-0.15, -0.1) is 0 Å². The Balaban J connectivity index is 1.33. The molecule has 2 fully saturated rings. The summed E-state index contributed by atoms with van der Waals surface area (Å²) in [6.07, 6.45) is 1.82. The smallest absolute Gasteiger partial charge is 0.342 e. The van der Waals surface area contributed by atoms with Gasteiger partial charge in [0.2, 0.25) is 11.8 Å². The summed E-state index contributed by atoms with van der Waals surface area (Å²) >= 11 is 0. The number of nitrogens with zero attached hydrogens (tertiary/aromatic N) is 4. The third kappa shape index (κ3) is 5.31. The number of alkyl halides is 3. The second kappa shape index (κ2) is 9.34. The van der Waals surface area contributed by atoms with Gasteiger partial charge in [0, 0.05) is 51.5 Å². The fourth-order valence-corrected chi connectivity index (χ4v) is 4.60.